The zero-order chi connectivity index (χ0) is 11.3. The van der Waals surface area contributed by atoms with Gasteiger partial charge in [0, 0.05) is 18.6 Å². The maximum absolute atomic E-state index is 5.69. The van der Waals surface area contributed by atoms with Crippen LogP contribution in [0.1, 0.15) is 39.5 Å². The predicted molar refractivity (Wildman–Crippen MR) is 63.3 cm³/mol. The van der Waals surface area contributed by atoms with Crippen molar-refractivity contribution in [2.24, 2.45) is 11.8 Å². The van der Waals surface area contributed by atoms with E-state index >= 15 is 0 Å². The number of hydrogen-bond donors (Lipinski definition) is 2. The number of ether oxygens (including phenoxy) is 1. The number of nitrogens with two attached hydrogens (primary N) is 1. The van der Waals surface area contributed by atoms with Gasteiger partial charge in [-0.25, -0.2) is 0 Å². The van der Waals surface area contributed by atoms with E-state index in [2.05, 4.69) is 25.9 Å². The molecule has 0 aromatic rings. The molecule has 0 aromatic heterocycles. The molecule has 0 spiro atoms. The monoisotopic (exact) mass is 212 g/mol. The Kier molecular flexibility index (Phi) is 5.29. The van der Waals surface area contributed by atoms with Crippen LogP contribution in [0.3, 0.4) is 0 Å². The van der Waals surface area contributed by atoms with Crippen LogP contribution in [0, 0.1) is 5.92 Å². The first-order chi connectivity index (χ1) is 7.22. The zero-order valence-electron chi connectivity index (χ0n) is 9.96. The quantitative estimate of drug-likeness (QED) is 0.402. The number of nitrogens with one attached hydrogen (secondary N) is 1. The molecule has 3 N–H and O–H groups in total. The van der Waals surface area contributed by atoms with E-state index in [1.807, 2.05) is 0 Å². The fourth-order valence-corrected chi connectivity index (χ4v) is 2.34. The molecule has 3 atom stereocenters. The van der Waals surface area contributed by atoms with Gasteiger partial charge in [0.05, 0.1) is 6.10 Å². The van der Waals surface area contributed by atoms with E-state index in [9.17, 15) is 0 Å². The summed E-state index contributed by atoms with van der Waals surface area (Å²) in [5.41, 5.74) is 4.20. The van der Waals surface area contributed by atoms with E-state index in [1.165, 1.54) is 5.57 Å². The van der Waals surface area contributed by atoms with Crippen molar-refractivity contribution >= 4 is 0 Å². The standard InChI is InChI=1S/C12H24N2O/c1-4-9(3)8-11(14-13)10-6-7-15-12(10)5-2/h10-12,14H,3-8,13H2,1-2H3. The van der Waals surface area contributed by atoms with Crippen molar-refractivity contribution in [1.82, 2.24) is 5.43 Å². The second kappa shape index (κ2) is 6.26. The lowest BCUT2D eigenvalue weighted by molar-refractivity contribution is 0.0774. The molecule has 1 saturated heterocycles. The largest absolute Gasteiger partial charge is 0.378 e. The highest BCUT2D eigenvalue weighted by Crippen LogP contribution is 2.29. The Bertz CT molecular complexity index is 206. The lowest BCUT2D eigenvalue weighted by Gasteiger charge is -2.27. The third-order valence-electron chi connectivity index (χ3n) is 3.40. The number of rotatable bonds is 6. The average molecular weight is 212 g/mol. The fourth-order valence-electron chi connectivity index (χ4n) is 2.34. The Morgan fingerprint density at radius 3 is 2.87 bits per heavy atom. The van der Waals surface area contributed by atoms with Gasteiger partial charge in [-0.3, -0.25) is 11.3 Å². The topological polar surface area (TPSA) is 47.3 Å². The summed E-state index contributed by atoms with van der Waals surface area (Å²) in [6, 6.07) is 0.324. The van der Waals surface area contributed by atoms with Crippen molar-refractivity contribution in [2.75, 3.05) is 6.61 Å². The maximum Gasteiger partial charge on any atom is 0.0617 e. The van der Waals surface area contributed by atoms with Gasteiger partial charge in [-0.05, 0) is 25.7 Å². The molecule has 15 heavy (non-hydrogen) atoms. The molecule has 1 rings (SSSR count). The van der Waals surface area contributed by atoms with Gasteiger partial charge in [0.25, 0.3) is 0 Å². The molecule has 3 unspecified atom stereocenters. The maximum atomic E-state index is 5.69. The molecule has 1 aliphatic heterocycles. The van der Waals surface area contributed by atoms with Crippen molar-refractivity contribution < 1.29 is 4.74 Å². The van der Waals surface area contributed by atoms with Crippen LogP contribution in [0.2, 0.25) is 0 Å². The molecule has 1 heterocycles. The second-order valence-corrected chi connectivity index (χ2v) is 4.35. The first kappa shape index (κ1) is 12.7. The molecule has 0 saturated carbocycles. The van der Waals surface area contributed by atoms with Gasteiger partial charge in [0.1, 0.15) is 0 Å². The minimum atomic E-state index is 0.324. The van der Waals surface area contributed by atoms with E-state index in [4.69, 9.17) is 10.6 Å². The summed E-state index contributed by atoms with van der Waals surface area (Å²) in [7, 11) is 0. The van der Waals surface area contributed by atoms with E-state index in [0.717, 1.165) is 32.3 Å². The molecular formula is C12H24N2O. The summed E-state index contributed by atoms with van der Waals surface area (Å²) in [4.78, 5) is 0. The first-order valence-corrected chi connectivity index (χ1v) is 5.97. The van der Waals surface area contributed by atoms with Crippen molar-refractivity contribution in [3.63, 3.8) is 0 Å². The Balaban J connectivity index is 2.53. The van der Waals surface area contributed by atoms with Gasteiger partial charge in [-0.15, -0.1) is 0 Å². The van der Waals surface area contributed by atoms with E-state index < -0.39 is 0 Å². The molecule has 3 nitrogen and oxygen atoms in total. The molecule has 0 amide bonds. The van der Waals surface area contributed by atoms with Crippen LogP contribution in [0.4, 0.5) is 0 Å². The molecule has 0 bridgehead atoms. The summed E-state index contributed by atoms with van der Waals surface area (Å²) < 4.78 is 5.69. The highest BCUT2D eigenvalue weighted by Gasteiger charge is 2.32. The average Bonchev–Trinajstić information content (AvgIpc) is 2.73. The van der Waals surface area contributed by atoms with Gasteiger partial charge in [0.2, 0.25) is 0 Å². The van der Waals surface area contributed by atoms with E-state index in [1.54, 1.807) is 0 Å². The van der Waals surface area contributed by atoms with Gasteiger partial charge in [-0.2, -0.15) is 0 Å². The Morgan fingerprint density at radius 2 is 2.33 bits per heavy atom. The van der Waals surface area contributed by atoms with Gasteiger partial charge < -0.3 is 4.74 Å². The molecule has 88 valence electrons. The lowest BCUT2D eigenvalue weighted by atomic mass is 9.87. The molecular weight excluding hydrogens is 188 g/mol. The van der Waals surface area contributed by atoms with Crippen molar-refractivity contribution in [2.45, 2.75) is 51.7 Å². The van der Waals surface area contributed by atoms with E-state index in [-0.39, 0.29) is 0 Å². The molecule has 1 aliphatic rings. The van der Waals surface area contributed by atoms with Gasteiger partial charge >= 0.3 is 0 Å². The Hall–Kier alpha value is -0.380. The van der Waals surface area contributed by atoms with Crippen LogP contribution in [-0.4, -0.2) is 18.8 Å². The number of hydrazine groups is 1. The van der Waals surface area contributed by atoms with Crippen LogP contribution in [-0.2, 0) is 4.74 Å². The minimum Gasteiger partial charge on any atom is -0.378 e. The fraction of sp³-hybridized carbons (Fsp3) is 0.833. The highest BCUT2D eigenvalue weighted by atomic mass is 16.5. The summed E-state index contributed by atoms with van der Waals surface area (Å²) in [6.07, 6.45) is 4.56. The molecule has 1 fully saturated rings. The highest BCUT2D eigenvalue weighted by molar-refractivity contribution is 4.99. The molecule has 0 radical (unpaired) electrons. The lowest BCUT2D eigenvalue weighted by Crippen LogP contribution is -2.43. The Labute approximate surface area is 93.0 Å². The summed E-state index contributed by atoms with van der Waals surface area (Å²) in [6.45, 7) is 9.23. The number of hydrogen-bond acceptors (Lipinski definition) is 3. The van der Waals surface area contributed by atoms with Crippen LogP contribution in [0.5, 0.6) is 0 Å². The predicted octanol–water partition coefficient (Wildman–Crippen LogP) is 1.99. The Morgan fingerprint density at radius 1 is 1.60 bits per heavy atom. The second-order valence-electron chi connectivity index (χ2n) is 4.35. The zero-order valence-corrected chi connectivity index (χ0v) is 9.96. The smallest absolute Gasteiger partial charge is 0.0617 e. The van der Waals surface area contributed by atoms with E-state index in [0.29, 0.717) is 18.1 Å². The van der Waals surface area contributed by atoms with Crippen LogP contribution in [0.25, 0.3) is 0 Å². The minimum absolute atomic E-state index is 0.324. The molecule has 0 aromatic carbocycles. The van der Waals surface area contributed by atoms with Crippen LogP contribution in [0.15, 0.2) is 12.2 Å². The normalized spacial score (nSPS) is 27.9. The molecule has 0 aliphatic carbocycles. The third kappa shape index (κ3) is 3.30. The van der Waals surface area contributed by atoms with Crippen LogP contribution < -0.4 is 11.3 Å². The third-order valence-corrected chi connectivity index (χ3v) is 3.40. The van der Waals surface area contributed by atoms with Crippen LogP contribution >= 0.6 is 0 Å². The summed E-state index contributed by atoms with van der Waals surface area (Å²) in [5, 5.41) is 0. The van der Waals surface area contributed by atoms with Crippen molar-refractivity contribution in [3.8, 4) is 0 Å². The van der Waals surface area contributed by atoms with Gasteiger partial charge in [-0.1, -0.05) is 26.0 Å². The molecule has 3 heteroatoms. The summed E-state index contributed by atoms with van der Waals surface area (Å²) in [5.74, 6) is 6.17. The summed E-state index contributed by atoms with van der Waals surface area (Å²) >= 11 is 0. The first-order valence-electron chi connectivity index (χ1n) is 5.97. The SMILES string of the molecule is C=C(CC)CC(NN)C1CCOC1CC. The van der Waals surface area contributed by atoms with Crippen molar-refractivity contribution in [3.05, 3.63) is 12.2 Å². The van der Waals surface area contributed by atoms with Gasteiger partial charge in [0.15, 0.2) is 0 Å². The van der Waals surface area contributed by atoms with Crippen molar-refractivity contribution in [1.29, 1.82) is 0 Å².